The minimum absolute atomic E-state index is 0.111. The second kappa shape index (κ2) is 10.5. The lowest BCUT2D eigenvalue weighted by molar-refractivity contribution is -0.155. The zero-order valence-electron chi connectivity index (χ0n) is 18.9. The number of methoxy groups -OCH3 is 1. The Morgan fingerprint density at radius 3 is 2.33 bits per heavy atom. The third-order valence-electron chi connectivity index (χ3n) is 6.60. The van der Waals surface area contributed by atoms with Gasteiger partial charge in [-0.05, 0) is 30.4 Å². The second-order valence-corrected chi connectivity index (χ2v) is 8.63. The second-order valence-electron chi connectivity index (χ2n) is 8.63. The molecule has 0 bridgehead atoms. The number of likely N-dealkylation sites (tertiary alicyclic amines) is 2. The molecule has 2 fully saturated rings. The van der Waals surface area contributed by atoms with Gasteiger partial charge in [-0.1, -0.05) is 60.7 Å². The highest BCUT2D eigenvalue weighted by atomic mass is 16.6. The number of hydrogen-bond donors (Lipinski definition) is 0. The van der Waals surface area contributed by atoms with E-state index in [4.69, 9.17) is 9.47 Å². The molecule has 0 spiro atoms. The Balaban J connectivity index is 1.50. The SMILES string of the molecule is COC(=O)[C@@H]1CCCN(C(=O)OCc2ccccc2)C1C(=O)N1CC[C@H](c2ccccc2)C1. The van der Waals surface area contributed by atoms with Crippen molar-refractivity contribution < 1.29 is 23.9 Å². The van der Waals surface area contributed by atoms with E-state index in [0.717, 1.165) is 12.0 Å². The summed E-state index contributed by atoms with van der Waals surface area (Å²) in [5.41, 5.74) is 2.06. The maximum absolute atomic E-state index is 13.7. The molecule has 0 aliphatic carbocycles. The number of hydrogen-bond acceptors (Lipinski definition) is 5. The molecule has 2 aliphatic rings. The zero-order chi connectivity index (χ0) is 23.2. The van der Waals surface area contributed by atoms with Crippen molar-refractivity contribution in [2.75, 3.05) is 26.7 Å². The van der Waals surface area contributed by atoms with Crippen LogP contribution in [-0.2, 0) is 25.7 Å². The molecule has 1 unspecified atom stereocenters. The topological polar surface area (TPSA) is 76.1 Å². The molecule has 2 aromatic carbocycles. The molecule has 2 heterocycles. The number of piperidine rings is 1. The summed E-state index contributed by atoms with van der Waals surface area (Å²) in [5, 5.41) is 0. The molecule has 33 heavy (non-hydrogen) atoms. The van der Waals surface area contributed by atoms with Crippen LogP contribution in [0.4, 0.5) is 4.79 Å². The van der Waals surface area contributed by atoms with Crippen LogP contribution in [-0.4, -0.2) is 60.6 Å². The predicted molar refractivity (Wildman–Crippen MR) is 122 cm³/mol. The number of benzene rings is 2. The quantitative estimate of drug-likeness (QED) is 0.651. The summed E-state index contributed by atoms with van der Waals surface area (Å²) in [7, 11) is 1.32. The Bertz CT molecular complexity index is 965. The maximum atomic E-state index is 13.7. The van der Waals surface area contributed by atoms with E-state index >= 15 is 0 Å². The number of nitrogens with zero attached hydrogens (tertiary/aromatic N) is 2. The van der Waals surface area contributed by atoms with Gasteiger partial charge in [0.2, 0.25) is 5.91 Å². The fourth-order valence-corrected chi connectivity index (χ4v) is 4.85. The van der Waals surface area contributed by atoms with Crippen molar-refractivity contribution >= 4 is 18.0 Å². The van der Waals surface area contributed by atoms with Gasteiger partial charge in [-0.2, -0.15) is 0 Å². The average Bonchev–Trinajstić information content (AvgIpc) is 3.37. The highest BCUT2D eigenvalue weighted by Crippen LogP contribution is 2.32. The lowest BCUT2D eigenvalue weighted by Crippen LogP contribution is -2.58. The van der Waals surface area contributed by atoms with E-state index in [0.29, 0.717) is 32.5 Å². The summed E-state index contributed by atoms with van der Waals surface area (Å²) < 4.78 is 10.5. The molecule has 2 aromatic rings. The standard InChI is InChI=1S/C26H30N2O5/c1-32-25(30)22-13-8-15-28(26(31)33-18-19-9-4-2-5-10-19)23(22)24(29)27-16-14-21(17-27)20-11-6-3-7-12-20/h2-7,9-12,21-23H,8,13-18H2,1H3/t21-,22+,23?/m0/s1. The number of ether oxygens (including phenoxy) is 2. The highest BCUT2D eigenvalue weighted by molar-refractivity contribution is 5.91. The molecule has 0 radical (unpaired) electrons. The molecule has 7 nitrogen and oxygen atoms in total. The third-order valence-corrected chi connectivity index (χ3v) is 6.60. The van der Waals surface area contributed by atoms with Gasteiger partial charge in [0.25, 0.3) is 0 Å². The van der Waals surface area contributed by atoms with E-state index < -0.39 is 24.0 Å². The van der Waals surface area contributed by atoms with Crippen LogP contribution in [0.15, 0.2) is 60.7 Å². The van der Waals surface area contributed by atoms with Crippen molar-refractivity contribution in [1.82, 2.24) is 9.80 Å². The predicted octanol–water partition coefficient (Wildman–Crippen LogP) is 3.59. The van der Waals surface area contributed by atoms with Crippen LogP contribution in [0.25, 0.3) is 0 Å². The van der Waals surface area contributed by atoms with Gasteiger partial charge in [0.05, 0.1) is 13.0 Å². The van der Waals surface area contributed by atoms with Gasteiger partial charge in [0, 0.05) is 25.6 Å². The van der Waals surface area contributed by atoms with Crippen LogP contribution in [0.2, 0.25) is 0 Å². The maximum Gasteiger partial charge on any atom is 0.410 e. The summed E-state index contributed by atoms with van der Waals surface area (Å²) >= 11 is 0. The van der Waals surface area contributed by atoms with E-state index in [1.165, 1.54) is 17.6 Å². The van der Waals surface area contributed by atoms with E-state index in [-0.39, 0.29) is 18.4 Å². The molecule has 3 atom stereocenters. The number of amides is 2. The third kappa shape index (κ3) is 5.18. The first kappa shape index (κ1) is 22.8. The van der Waals surface area contributed by atoms with Crippen LogP contribution in [0.5, 0.6) is 0 Å². The van der Waals surface area contributed by atoms with Crippen molar-refractivity contribution in [3.05, 3.63) is 71.8 Å². The smallest absolute Gasteiger partial charge is 0.410 e. The monoisotopic (exact) mass is 450 g/mol. The molecule has 2 amide bonds. The molecule has 0 saturated carbocycles. The van der Waals surface area contributed by atoms with Crippen molar-refractivity contribution in [1.29, 1.82) is 0 Å². The Morgan fingerprint density at radius 1 is 0.939 bits per heavy atom. The summed E-state index contributed by atoms with van der Waals surface area (Å²) in [4.78, 5) is 42.4. The van der Waals surface area contributed by atoms with E-state index in [2.05, 4.69) is 12.1 Å². The first-order valence-corrected chi connectivity index (χ1v) is 11.5. The largest absolute Gasteiger partial charge is 0.469 e. The van der Waals surface area contributed by atoms with Crippen LogP contribution in [0, 0.1) is 5.92 Å². The normalized spacial score (nSPS) is 22.6. The highest BCUT2D eigenvalue weighted by Gasteiger charge is 2.46. The van der Waals surface area contributed by atoms with Gasteiger partial charge in [-0.3, -0.25) is 14.5 Å². The van der Waals surface area contributed by atoms with E-state index in [1.54, 1.807) is 4.90 Å². The molecular weight excluding hydrogens is 420 g/mol. The Labute approximate surface area is 194 Å². The summed E-state index contributed by atoms with van der Waals surface area (Å²) in [6.07, 6.45) is 1.38. The minimum Gasteiger partial charge on any atom is -0.469 e. The molecule has 0 aromatic heterocycles. The fraction of sp³-hybridized carbons (Fsp3) is 0.423. The van der Waals surface area contributed by atoms with Crippen LogP contribution in [0.3, 0.4) is 0 Å². The number of esters is 1. The van der Waals surface area contributed by atoms with Gasteiger partial charge >= 0.3 is 12.1 Å². The first-order chi connectivity index (χ1) is 16.1. The van der Waals surface area contributed by atoms with Gasteiger partial charge in [0.1, 0.15) is 12.6 Å². The van der Waals surface area contributed by atoms with Crippen molar-refractivity contribution in [3.63, 3.8) is 0 Å². The molecule has 4 rings (SSSR count). The average molecular weight is 451 g/mol. The van der Waals surface area contributed by atoms with Crippen molar-refractivity contribution in [3.8, 4) is 0 Å². The van der Waals surface area contributed by atoms with Gasteiger partial charge in [0.15, 0.2) is 0 Å². The fourth-order valence-electron chi connectivity index (χ4n) is 4.85. The Kier molecular flexibility index (Phi) is 7.27. The lowest BCUT2D eigenvalue weighted by Gasteiger charge is -2.39. The molecule has 0 N–H and O–H groups in total. The molecule has 7 heteroatoms. The van der Waals surface area contributed by atoms with E-state index in [1.807, 2.05) is 48.5 Å². The Hall–Kier alpha value is -3.35. The summed E-state index contributed by atoms with van der Waals surface area (Å²) in [5.74, 6) is -1.13. The minimum atomic E-state index is -0.913. The van der Waals surface area contributed by atoms with Crippen molar-refractivity contribution in [2.24, 2.45) is 5.92 Å². The Morgan fingerprint density at radius 2 is 1.64 bits per heavy atom. The van der Waals surface area contributed by atoms with Crippen molar-refractivity contribution in [2.45, 2.75) is 37.8 Å². The number of carbonyl (C=O) groups excluding carboxylic acids is 3. The van der Waals surface area contributed by atoms with Gasteiger partial charge in [-0.15, -0.1) is 0 Å². The van der Waals surface area contributed by atoms with Gasteiger partial charge in [-0.25, -0.2) is 4.79 Å². The molecular formula is C26H30N2O5. The van der Waals surface area contributed by atoms with E-state index in [9.17, 15) is 14.4 Å². The lowest BCUT2D eigenvalue weighted by atomic mass is 9.88. The number of rotatable bonds is 5. The molecule has 2 aliphatic heterocycles. The first-order valence-electron chi connectivity index (χ1n) is 11.5. The van der Waals surface area contributed by atoms with Crippen LogP contribution >= 0.6 is 0 Å². The van der Waals surface area contributed by atoms with Crippen LogP contribution < -0.4 is 0 Å². The molecule has 174 valence electrons. The summed E-state index contributed by atoms with van der Waals surface area (Å²) in [6.45, 7) is 1.64. The van der Waals surface area contributed by atoms with Gasteiger partial charge < -0.3 is 14.4 Å². The zero-order valence-corrected chi connectivity index (χ0v) is 18.9. The summed E-state index contributed by atoms with van der Waals surface area (Å²) in [6, 6.07) is 18.6. The number of carbonyl (C=O) groups is 3. The van der Waals surface area contributed by atoms with Crippen LogP contribution in [0.1, 0.15) is 36.3 Å². The molecule has 2 saturated heterocycles.